The van der Waals surface area contributed by atoms with Crippen molar-refractivity contribution < 1.29 is 9.90 Å². The largest absolute Gasteiger partial charge is 0.477 e. The number of aromatic nitrogens is 1. The highest BCUT2D eigenvalue weighted by molar-refractivity contribution is 7.22. The number of H-pyrrole nitrogens is 1. The Hall–Kier alpha value is -1.78. The molecular weight excluding hydrogens is 270 g/mol. The van der Waals surface area contributed by atoms with Gasteiger partial charge in [-0.3, -0.25) is 0 Å². The maximum Gasteiger partial charge on any atom is 0.352 e. The summed E-state index contributed by atoms with van der Waals surface area (Å²) in [5, 5.41) is 10.6. The van der Waals surface area contributed by atoms with Crippen molar-refractivity contribution in [1.82, 2.24) is 4.98 Å². The second-order valence-corrected chi connectivity index (χ2v) is 5.34. The van der Waals surface area contributed by atoms with E-state index in [0.29, 0.717) is 5.02 Å². The van der Waals surface area contributed by atoms with Gasteiger partial charge in [0.15, 0.2) is 0 Å². The third-order valence-electron chi connectivity index (χ3n) is 2.69. The average molecular weight is 278 g/mol. The smallest absolute Gasteiger partial charge is 0.352 e. The Morgan fingerprint density at radius 3 is 2.78 bits per heavy atom. The van der Waals surface area contributed by atoms with Crippen molar-refractivity contribution in [2.45, 2.75) is 0 Å². The summed E-state index contributed by atoms with van der Waals surface area (Å²) < 4.78 is 1.09. The number of nitrogens with one attached hydrogen (secondary N) is 1. The quantitative estimate of drug-likeness (QED) is 0.736. The number of aromatic amines is 1. The van der Waals surface area contributed by atoms with E-state index < -0.39 is 5.97 Å². The minimum atomic E-state index is -0.958. The topological polar surface area (TPSA) is 53.1 Å². The van der Waals surface area contributed by atoms with Gasteiger partial charge in [0.2, 0.25) is 0 Å². The summed E-state index contributed by atoms with van der Waals surface area (Å²) in [7, 11) is 0. The van der Waals surface area contributed by atoms with E-state index in [1.54, 1.807) is 23.5 Å². The van der Waals surface area contributed by atoms with Gasteiger partial charge in [-0.15, -0.1) is 11.3 Å². The van der Waals surface area contributed by atoms with Crippen LogP contribution in [-0.2, 0) is 0 Å². The highest BCUT2D eigenvalue weighted by Crippen LogP contribution is 2.36. The van der Waals surface area contributed by atoms with Gasteiger partial charge >= 0.3 is 5.97 Å². The molecule has 0 aliphatic carbocycles. The summed E-state index contributed by atoms with van der Waals surface area (Å²) in [6, 6.07) is 11.0. The van der Waals surface area contributed by atoms with Crippen LogP contribution in [-0.4, -0.2) is 16.1 Å². The predicted molar refractivity (Wildman–Crippen MR) is 73.6 cm³/mol. The Kier molecular flexibility index (Phi) is 2.61. The van der Waals surface area contributed by atoms with Crippen molar-refractivity contribution in [2.75, 3.05) is 0 Å². The maximum atomic E-state index is 10.8. The Morgan fingerprint density at radius 2 is 2.11 bits per heavy atom. The molecule has 3 nitrogen and oxygen atoms in total. The molecule has 0 aliphatic heterocycles. The Morgan fingerprint density at radius 1 is 1.28 bits per heavy atom. The number of thiophene rings is 1. The van der Waals surface area contributed by atoms with Gasteiger partial charge < -0.3 is 10.1 Å². The number of rotatable bonds is 2. The van der Waals surface area contributed by atoms with Crippen LogP contribution in [0.4, 0.5) is 0 Å². The Balaban J connectivity index is 2.13. The van der Waals surface area contributed by atoms with Gasteiger partial charge in [0.05, 0.1) is 10.6 Å². The zero-order valence-electron chi connectivity index (χ0n) is 9.11. The van der Waals surface area contributed by atoms with Crippen LogP contribution in [0.3, 0.4) is 0 Å². The van der Waals surface area contributed by atoms with Gasteiger partial charge in [0.25, 0.3) is 0 Å². The maximum absolute atomic E-state index is 10.8. The second kappa shape index (κ2) is 4.15. The lowest BCUT2D eigenvalue weighted by molar-refractivity contribution is 0.0691. The molecule has 0 amide bonds. The van der Waals surface area contributed by atoms with Crippen LogP contribution in [0.15, 0.2) is 36.4 Å². The number of hydrogen-bond donors (Lipinski definition) is 2. The van der Waals surface area contributed by atoms with Crippen molar-refractivity contribution in [3.05, 3.63) is 47.1 Å². The molecule has 0 spiro atoms. The molecule has 0 radical (unpaired) electrons. The lowest BCUT2D eigenvalue weighted by Crippen LogP contribution is -1.95. The highest BCUT2D eigenvalue weighted by Gasteiger charge is 2.10. The summed E-state index contributed by atoms with van der Waals surface area (Å²) >= 11 is 7.70. The fraction of sp³-hybridized carbons (Fsp3) is 0. The standard InChI is InChI=1S/C13H8ClNO2S/c14-8-2-1-3-11-7(8)6-12(18-11)9-4-5-10(15-9)13(16)17/h1-6,15H,(H,16,17). The van der Waals surface area contributed by atoms with Crippen molar-refractivity contribution in [3.63, 3.8) is 0 Å². The van der Waals surface area contributed by atoms with E-state index in [2.05, 4.69) is 4.98 Å². The molecule has 0 saturated heterocycles. The summed E-state index contributed by atoms with van der Waals surface area (Å²) in [4.78, 5) is 14.7. The van der Waals surface area contributed by atoms with Crippen LogP contribution in [0.5, 0.6) is 0 Å². The zero-order valence-corrected chi connectivity index (χ0v) is 10.7. The van der Waals surface area contributed by atoms with Gasteiger partial charge in [-0.1, -0.05) is 17.7 Å². The van der Waals surface area contributed by atoms with Crippen LogP contribution in [0.2, 0.25) is 5.02 Å². The third kappa shape index (κ3) is 1.79. The molecule has 2 heterocycles. The molecule has 0 bridgehead atoms. The SMILES string of the molecule is O=C(O)c1ccc(-c2cc3c(Cl)cccc3s2)[nH]1. The Labute approximate surface area is 112 Å². The lowest BCUT2D eigenvalue weighted by atomic mass is 10.2. The molecule has 5 heteroatoms. The van der Waals surface area contributed by atoms with Gasteiger partial charge in [-0.05, 0) is 30.3 Å². The van der Waals surface area contributed by atoms with Gasteiger partial charge in [0, 0.05) is 15.1 Å². The molecule has 3 aromatic rings. The zero-order chi connectivity index (χ0) is 12.7. The minimum absolute atomic E-state index is 0.188. The molecule has 18 heavy (non-hydrogen) atoms. The Bertz CT molecular complexity index is 744. The molecule has 0 fully saturated rings. The number of carbonyl (C=O) groups is 1. The number of carboxylic acid groups (broad SMARTS) is 1. The second-order valence-electron chi connectivity index (χ2n) is 3.85. The van der Waals surface area contributed by atoms with Crippen molar-refractivity contribution in [2.24, 2.45) is 0 Å². The molecule has 1 aromatic carbocycles. The number of hydrogen-bond acceptors (Lipinski definition) is 2. The average Bonchev–Trinajstić information content (AvgIpc) is 2.95. The number of carboxylic acids is 1. The van der Waals surface area contributed by atoms with Gasteiger partial charge in [0.1, 0.15) is 5.69 Å². The molecule has 0 atom stereocenters. The molecule has 0 aliphatic rings. The molecular formula is C13H8ClNO2S. The molecule has 90 valence electrons. The monoisotopic (exact) mass is 277 g/mol. The lowest BCUT2D eigenvalue weighted by Gasteiger charge is -1.90. The van der Waals surface area contributed by atoms with Crippen LogP contribution in [0.25, 0.3) is 20.7 Å². The first-order chi connectivity index (χ1) is 8.65. The van der Waals surface area contributed by atoms with Crippen LogP contribution in [0, 0.1) is 0 Å². The van der Waals surface area contributed by atoms with E-state index >= 15 is 0 Å². The fourth-order valence-electron chi connectivity index (χ4n) is 1.82. The van der Waals surface area contributed by atoms with Crippen molar-refractivity contribution >= 4 is 39.0 Å². The summed E-state index contributed by atoms with van der Waals surface area (Å²) in [6.45, 7) is 0. The number of halogens is 1. The normalized spacial score (nSPS) is 10.9. The molecule has 2 N–H and O–H groups in total. The molecule has 0 saturated carbocycles. The minimum Gasteiger partial charge on any atom is -0.477 e. The van der Waals surface area contributed by atoms with Crippen molar-refractivity contribution in [1.29, 1.82) is 0 Å². The van der Waals surface area contributed by atoms with Crippen molar-refractivity contribution in [3.8, 4) is 10.6 Å². The fourth-order valence-corrected chi connectivity index (χ4v) is 3.17. The van der Waals surface area contributed by atoms with E-state index in [-0.39, 0.29) is 5.69 Å². The van der Waals surface area contributed by atoms with E-state index in [1.807, 2.05) is 24.3 Å². The van der Waals surface area contributed by atoms with E-state index in [0.717, 1.165) is 20.7 Å². The summed E-state index contributed by atoms with van der Waals surface area (Å²) in [6.07, 6.45) is 0. The number of benzene rings is 1. The van der Waals surface area contributed by atoms with Gasteiger partial charge in [-0.2, -0.15) is 0 Å². The first kappa shape index (κ1) is 11.3. The molecule has 3 rings (SSSR count). The van der Waals surface area contributed by atoms with E-state index in [4.69, 9.17) is 16.7 Å². The molecule has 2 aromatic heterocycles. The third-order valence-corrected chi connectivity index (χ3v) is 4.15. The first-order valence-electron chi connectivity index (χ1n) is 5.26. The van der Waals surface area contributed by atoms with Crippen LogP contribution < -0.4 is 0 Å². The van der Waals surface area contributed by atoms with E-state index in [9.17, 15) is 4.79 Å². The summed E-state index contributed by atoms with van der Waals surface area (Å²) in [5.74, 6) is -0.958. The first-order valence-corrected chi connectivity index (χ1v) is 6.45. The van der Waals surface area contributed by atoms with Gasteiger partial charge in [-0.25, -0.2) is 4.79 Å². The van der Waals surface area contributed by atoms with E-state index in [1.165, 1.54) is 0 Å². The number of aromatic carboxylic acids is 1. The van der Waals surface area contributed by atoms with Crippen LogP contribution >= 0.6 is 22.9 Å². The predicted octanol–water partition coefficient (Wildman–Crippen LogP) is 4.25. The molecule has 0 unspecified atom stereocenters. The van der Waals surface area contributed by atoms with Crippen LogP contribution in [0.1, 0.15) is 10.5 Å². The summed E-state index contributed by atoms with van der Waals surface area (Å²) in [5.41, 5.74) is 0.984. The number of fused-ring (bicyclic) bond motifs is 1. The highest BCUT2D eigenvalue weighted by atomic mass is 35.5.